The van der Waals surface area contributed by atoms with E-state index in [9.17, 15) is 5.11 Å². The van der Waals surface area contributed by atoms with E-state index < -0.39 is 11.5 Å². The minimum Gasteiger partial charge on any atom is -0.384 e. The smallest absolute Gasteiger partial charge is 0.133 e. The summed E-state index contributed by atoms with van der Waals surface area (Å²) in [5.41, 5.74) is 2.24. The molecular formula is C31H28BrClN2O. The van der Waals surface area contributed by atoms with Crippen molar-refractivity contribution in [2.24, 2.45) is 0 Å². The average molecular weight is 560 g/mol. The number of fused-ring (bicyclic) bond motifs is 2. The van der Waals surface area contributed by atoms with Crippen molar-refractivity contribution >= 4 is 49.2 Å². The molecule has 5 rings (SSSR count). The summed E-state index contributed by atoms with van der Waals surface area (Å²) >= 11 is 10.5. The largest absolute Gasteiger partial charge is 0.384 e. The molecule has 0 bridgehead atoms. The lowest BCUT2D eigenvalue weighted by atomic mass is 9.71. The molecule has 3 nitrogen and oxygen atoms in total. The number of hydrogen-bond acceptors (Lipinski definition) is 3. The van der Waals surface area contributed by atoms with Crippen LogP contribution >= 0.6 is 27.5 Å². The number of halogens is 2. The summed E-state index contributed by atoms with van der Waals surface area (Å²) in [7, 11) is 4.06. The lowest BCUT2D eigenvalue weighted by Crippen LogP contribution is -2.38. The molecule has 1 N–H and O–H groups in total. The van der Waals surface area contributed by atoms with Crippen LogP contribution in [-0.4, -0.2) is 35.6 Å². The maximum absolute atomic E-state index is 12.9. The molecule has 0 aliphatic carbocycles. The molecular weight excluding hydrogens is 532 g/mol. The maximum Gasteiger partial charge on any atom is 0.133 e. The van der Waals surface area contributed by atoms with Crippen LogP contribution < -0.4 is 0 Å². The van der Waals surface area contributed by atoms with Gasteiger partial charge in [0.1, 0.15) is 10.8 Å². The highest BCUT2D eigenvalue weighted by Gasteiger charge is 2.42. The predicted octanol–water partition coefficient (Wildman–Crippen LogP) is 7.78. The fourth-order valence-electron chi connectivity index (χ4n) is 5.15. The topological polar surface area (TPSA) is 36.4 Å². The van der Waals surface area contributed by atoms with Crippen molar-refractivity contribution in [1.29, 1.82) is 0 Å². The number of para-hydroxylation sites is 1. The van der Waals surface area contributed by atoms with Crippen LogP contribution in [0.1, 0.15) is 29.0 Å². The molecule has 0 saturated heterocycles. The monoisotopic (exact) mass is 558 g/mol. The third kappa shape index (κ3) is 4.67. The number of benzene rings is 4. The fraction of sp³-hybridized carbons (Fsp3) is 0.194. The Morgan fingerprint density at radius 1 is 0.889 bits per heavy atom. The molecule has 0 unspecified atom stereocenters. The van der Waals surface area contributed by atoms with Crippen molar-refractivity contribution in [3.63, 3.8) is 0 Å². The Hall–Kier alpha value is -2.76. The first-order chi connectivity index (χ1) is 17.4. The van der Waals surface area contributed by atoms with Crippen molar-refractivity contribution in [2.45, 2.75) is 17.9 Å². The second-order valence-electron chi connectivity index (χ2n) is 9.53. The fourth-order valence-corrected chi connectivity index (χ4v) is 5.87. The van der Waals surface area contributed by atoms with E-state index in [1.807, 2.05) is 74.8 Å². The van der Waals surface area contributed by atoms with E-state index in [4.69, 9.17) is 16.6 Å². The van der Waals surface area contributed by atoms with Crippen molar-refractivity contribution < 1.29 is 5.11 Å². The molecule has 0 radical (unpaired) electrons. The highest BCUT2D eigenvalue weighted by Crippen LogP contribution is 2.48. The summed E-state index contributed by atoms with van der Waals surface area (Å²) in [5.74, 6) is -0.437. The Kier molecular flexibility index (Phi) is 7.14. The molecule has 5 aromatic rings. The Balaban J connectivity index is 1.82. The molecule has 2 atom stereocenters. The number of aliphatic hydroxyl groups is 1. The first-order valence-corrected chi connectivity index (χ1v) is 13.2. The number of aromatic nitrogens is 1. The van der Waals surface area contributed by atoms with E-state index in [1.165, 1.54) is 0 Å². The number of nitrogens with zero attached hydrogens (tertiary/aromatic N) is 2. The van der Waals surface area contributed by atoms with Gasteiger partial charge in [-0.25, -0.2) is 4.98 Å². The van der Waals surface area contributed by atoms with Crippen LogP contribution in [0.3, 0.4) is 0 Å². The van der Waals surface area contributed by atoms with Crippen molar-refractivity contribution in [1.82, 2.24) is 9.88 Å². The molecule has 0 saturated carbocycles. The van der Waals surface area contributed by atoms with E-state index in [0.717, 1.165) is 42.8 Å². The van der Waals surface area contributed by atoms with Crippen LogP contribution in [0.15, 0.2) is 102 Å². The zero-order valence-electron chi connectivity index (χ0n) is 20.3. The lowest BCUT2D eigenvalue weighted by Gasteiger charge is -2.39. The van der Waals surface area contributed by atoms with Gasteiger partial charge in [0.25, 0.3) is 0 Å². The van der Waals surface area contributed by atoms with Crippen molar-refractivity contribution in [3.05, 3.63) is 123 Å². The standard InChI is InChI=1S/C31H28BrClN2O/c1-35(2)19-18-31(36,26-16-8-13-21-10-6-7-15-24(21)26)28(22-11-4-3-5-12-22)25-20-23-14-9-17-27(32)29(23)34-30(25)33/h3-17,20,28,36H,18-19H2,1-2H3/t28-,31-/m0/s1. The van der Waals surface area contributed by atoms with Crippen LogP contribution in [0.25, 0.3) is 21.7 Å². The van der Waals surface area contributed by atoms with Gasteiger partial charge in [-0.1, -0.05) is 96.5 Å². The van der Waals surface area contributed by atoms with Gasteiger partial charge in [-0.2, -0.15) is 0 Å². The molecule has 0 spiro atoms. The van der Waals surface area contributed by atoms with Crippen LogP contribution in [-0.2, 0) is 5.60 Å². The quantitative estimate of drug-likeness (QED) is 0.207. The molecule has 5 heteroatoms. The number of rotatable bonds is 7. The van der Waals surface area contributed by atoms with E-state index in [0.29, 0.717) is 18.1 Å². The zero-order chi connectivity index (χ0) is 25.3. The van der Waals surface area contributed by atoms with E-state index in [-0.39, 0.29) is 0 Å². The lowest BCUT2D eigenvalue weighted by molar-refractivity contribution is 0.00586. The van der Waals surface area contributed by atoms with Crippen LogP contribution in [0.4, 0.5) is 0 Å². The summed E-state index contributed by atoms with van der Waals surface area (Å²) in [5, 5.41) is 16.4. The molecule has 4 aromatic carbocycles. The first kappa shape index (κ1) is 24.9. The number of hydrogen-bond donors (Lipinski definition) is 1. The van der Waals surface area contributed by atoms with Gasteiger partial charge in [0.2, 0.25) is 0 Å². The molecule has 182 valence electrons. The van der Waals surface area contributed by atoms with Gasteiger partial charge in [-0.3, -0.25) is 0 Å². The maximum atomic E-state index is 12.9. The summed E-state index contributed by atoms with van der Waals surface area (Å²) < 4.78 is 0.890. The zero-order valence-corrected chi connectivity index (χ0v) is 22.7. The summed E-state index contributed by atoms with van der Waals surface area (Å²) in [6.45, 7) is 0.702. The molecule has 0 fully saturated rings. The Morgan fingerprint density at radius 2 is 1.56 bits per heavy atom. The highest BCUT2D eigenvalue weighted by molar-refractivity contribution is 9.10. The van der Waals surface area contributed by atoms with Gasteiger partial charge < -0.3 is 10.0 Å². The Labute approximate surface area is 225 Å². The van der Waals surface area contributed by atoms with Gasteiger partial charge in [0, 0.05) is 27.9 Å². The van der Waals surface area contributed by atoms with E-state index >= 15 is 0 Å². The van der Waals surface area contributed by atoms with Crippen molar-refractivity contribution in [2.75, 3.05) is 20.6 Å². The summed E-state index contributed by atoms with van der Waals surface area (Å²) in [6, 6.07) is 32.6. The molecule has 0 amide bonds. The van der Waals surface area contributed by atoms with Gasteiger partial charge in [-0.15, -0.1) is 0 Å². The molecule has 0 aliphatic heterocycles. The summed E-state index contributed by atoms with van der Waals surface area (Å²) in [6.07, 6.45) is 0.514. The normalized spacial score (nSPS) is 14.3. The molecule has 0 aliphatic rings. The SMILES string of the molecule is CN(C)CC[C@](O)(c1cccc2ccccc12)[C@@H](c1ccccc1)c1cc2cccc(Br)c2nc1Cl. The van der Waals surface area contributed by atoms with E-state index in [2.05, 4.69) is 57.2 Å². The molecule has 36 heavy (non-hydrogen) atoms. The summed E-state index contributed by atoms with van der Waals surface area (Å²) in [4.78, 5) is 6.89. The highest BCUT2D eigenvalue weighted by atomic mass is 79.9. The van der Waals surface area contributed by atoms with Crippen LogP contribution in [0.2, 0.25) is 5.15 Å². The van der Waals surface area contributed by atoms with Gasteiger partial charge in [0.15, 0.2) is 0 Å². The predicted molar refractivity (Wildman–Crippen MR) is 154 cm³/mol. The third-order valence-electron chi connectivity index (χ3n) is 6.89. The Bertz CT molecular complexity index is 1520. The number of pyridine rings is 1. The molecule has 1 aromatic heterocycles. The third-order valence-corrected chi connectivity index (χ3v) is 7.84. The minimum atomic E-state index is -1.25. The average Bonchev–Trinajstić information content (AvgIpc) is 2.89. The Morgan fingerprint density at radius 3 is 2.33 bits per heavy atom. The second kappa shape index (κ2) is 10.3. The van der Waals surface area contributed by atoms with Gasteiger partial charge >= 0.3 is 0 Å². The van der Waals surface area contributed by atoms with Crippen molar-refractivity contribution in [3.8, 4) is 0 Å². The minimum absolute atomic E-state index is 0.395. The molecule has 1 heterocycles. The van der Waals surface area contributed by atoms with Crippen LogP contribution in [0, 0.1) is 0 Å². The van der Waals surface area contributed by atoms with Gasteiger partial charge in [-0.05, 0) is 70.5 Å². The second-order valence-corrected chi connectivity index (χ2v) is 10.7. The van der Waals surface area contributed by atoms with Gasteiger partial charge in [0.05, 0.1) is 5.52 Å². The van der Waals surface area contributed by atoms with E-state index in [1.54, 1.807) is 0 Å². The first-order valence-electron chi connectivity index (χ1n) is 12.0. The van der Waals surface area contributed by atoms with Crippen LogP contribution in [0.5, 0.6) is 0 Å².